The number of allylic oxidation sites excluding steroid dienone is 1. The Morgan fingerprint density at radius 2 is 2.00 bits per heavy atom. The van der Waals surface area contributed by atoms with Crippen molar-refractivity contribution in [1.82, 2.24) is 0 Å². The summed E-state index contributed by atoms with van der Waals surface area (Å²) in [6.07, 6.45) is 1.99. The molecule has 1 nitrogen and oxygen atoms in total. The van der Waals surface area contributed by atoms with Crippen LogP contribution in [0.1, 0.15) is 13.8 Å². The topological polar surface area (TPSA) is 26.0 Å². The van der Waals surface area contributed by atoms with Crippen LogP contribution in [0.4, 0.5) is 0 Å². The fraction of sp³-hybridized carbons (Fsp3) is 0.600. The minimum absolute atomic E-state index is 0. The smallest absolute Gasteiger partial charge is 0.0109 e. The number of rotatable bonds is 1. The molecule has 0 amide bonds. The highest BCUT2D eigenvalue weighted by atomic mass is 79.9. The summed E-state index contributed by atoms with van der Waals surface area (Å²) in [5.41, 5.74) is 6.44. The number of hydrogen-bond acceptors (Lipinski definition) is 1. The zero-order valence-electron chi connectivity index (χ0n) is 4.77. The Labute approximate surface area is 55.4 Å². The highest BCUT2D eigenvalue weighted by molar-refractivity contribution is 8.93. The molecule has 0 aliphatic rings. The summed E-state index contributed by atoms with van der Waals surface area (Å²) in [6.45, 7) is 4.74. The van der Waals surface area contributed by atoms with Crippen LogP contribution in [-0.2, 0) is 0 Å². The Balaban J connectivity index is 0. The van der Waals surface area contributed by atoms with E-state index in [-0.39, 0.29) is 17.0 Å². The van der Waals surface area contributed by atoms with Gasteiger partial charge in [0.05, 0.1) is 0 Å². The van der Waals surface area contributed by atoms with E-state index in [4.69, 9.17) is 5.73 Å². The van der Waals surface area contributed by atoms with Gasteiger partial charge in [0.1, 0.15) is 0 Å². The predicted octanol–water partition coefficient (Wildman–Crippen LogP) is 1.49. The fourth-order valence-corrected chi connectivity index (χ4v) is 0.236. The van der Waals surface area contributed by atoms with Crippen molar-refractivity contribution in [2.45, 2.75) is 13.8 Å². The van der Waals surface area contributed by atoms with E-state index in [9.17, 15) is 0 Å². The summed E-state index contributed by atoms with van der Waals surface area (Å²) in [5.74, 6) is 0. The lowest BCUT2D eigenvalue weighted by Gasteiger charge is -1.80. The largest absolute Gasteiger partial charge is 0.327 e. The van der Waals surface area contributed by atoms with Crippen LogP contribution in [0, 0.1) is 0 Å². The van der Waals surface area contributed by atoms with Gasteiger partial charge in [0.15, 0.2) is 0 Å². The standard InChI is InChI=1S/C5H11N.BrH/c1-5(2)3-4-6;/h3H,4,6H2,1-2H3;1H. The van der Waals surface area contributed by atoms with Crippen LogP contribution in [0.25, 0.3) is 0 Å². The Bertz CT molecular complexity index is 55.1. The molecule has 2 N–H and O–H groups in total. The Morgan fingerprint density at radius 3 is 2.00 bits per heavy atom. The maximum absolute atomic E-state index is 5.15. The van der Waals surface area contributed by atoms with Gasteiger partial charge in [0.2, 0.25) is 0 Å². The molecule has 0 aromatic heterocycles. The molecule has 0 radical (unpaired) electrons. The van der Waals surface area contributed by atoms with Crippen LogP contribution in [-0.4, -0.2) is 6.54 Å². The summed E-state index contributed by atoms with van der Waals surface area (Å²) >= 11 is 0. The second-order valence-electron chi connectivity index (χ2n) is 1.52. The molecule has 0 aromatic rings. The molecule has 0 unspecified atom stereocenters. The van der Waals surface area contributed by atoms with E-state index in [1.54, 1.807) is 0 Å². The van der Waals surface area contributed by atoms with Gasteiger partial charge in [0, 0.05) is 6.54 Å². The zero-order valence-corrected chi connectivity index (χ0v) is 6.48. The highest BCUT2D eigenvalue weighted by Crippen LogP contribution is 1.82. The third kappa shape index (κ3) is 10.7. The van der Waals surface area contributed by atoms with Crippen LogP contribution in [0.3, 0.4) is 0 Å². The molecule has 0 spiro atoms. The lowest BCUT2D eigenvalue weighted by molar-refractivity contribution is 1.21. The molecule has 0 heterocycles. The zero-order chi connectivity index (χ0) is 4.99. The molecule has 0 saturated heterocycles. The van der Waals surface area contributed by atoms with E-state index >= 15 is 0 Å². The van der Waals surface area contributed by atoms with Crippen LogP contribution in [0.5, 0.6) is 0 Å². The third-order valence-electron chi connectivity index (χ3n) is 0.526. The monoisotopic (exact) mass is 165 g/mol. The first-order valence-electron chi connectivity index (χ1n) is 2.11. The van der Waals surface area contributed by atoms with Gasteiger partial charge in [-0.15, -0.1) is 17.0 Å². The van der Waals surface area contributed by atoms with E-state index in [0.717, 1.165) is 0 Å². The van der Waals surface area contributed by atoms with Gasteiger partial charge < -0.3 is 5.73 Å². The van der Waals surface area contributed by atoms with Gasteiger partial charge in [-0.1, -0.05) is 11.6 Å². The molecule has 0 aliphatic carbocycles. The molecule has 0 atom stereocenters. The van der Waals surface area contributed by atoms with Crippen molar-refractivity contribution in [3.8, 4) is 0 Å². The van der Waals surface area contributed by atoms with Crippen molar-refractivity contribution in [3.05, 3.63) is 11.6 Å². The maximum atomic E-state index is 5.15. The molecule has 7 heavy (non-hydrogen) atoms. The molecule has 0 fully saturated rings. The normalized spacial score (nSPS) is 6.71. The quantitative estimate of drug-likeness (QED) is 0.586. The van der Waals surface area contributed by atoms with Crippen molar-refractivity contribution in [2.24, 2.45) is 5.73 Å². The molecule has 0 rings (SSSR count). The van der Waals surface area contributed by atoms with Crippen molar-refractivity contribution >= 4 is 17.0 Å². The Hall–Kier alpha value is 0.180. The van der Waals surface area contributed by atoms with E-state index in [1.165, 1.54) is 5.57 Å². The minimum Gasteiger partial charge on any atom is -0.327 e. The van der Waals surface area contributed by atoms with Crippen LogP contribution < -0.4 is 5.73 Å². The fourth-order valence-electron chi connectivity index (χ4n) is 0.236. The van der Waals surface area contributed by atoms with Gasteiger partial charge in [-0.2, -0.15) is 0 Å². The summed E-state index contributed by atoms with van der Waals surface area (Å²) in [4.78, 5) is 0. The number of nitrogens with two attached hydrogens (primary N) is 1. The SMILES string of the molecule is Br.CC(C)=CCN. The summed E-state index contributed by atoms with van der Waals surface area (Å²) in [6, 6.07) is 0. The molecule has 2 heteroatoms. The van der Waals surface area contributed by atoms with E-state index in [0.29, 0.717) is 6.54 Å². The van der Waals surface area contributed by atoms with Gasteiger partial charge >= 0.3 is 0 Å². The third-order valence-corrected chi connectivity index (χ3v) is 0.526. The van der Waals surface area contributed by atoms with Crippen molar-refractivity contribution < 1.29 is 0 Å². The first kappa shape index (κ1) is 10.2. The molecular weight excluding hydrogens is 154 g/mol. The van der Waals surface area contributed by atoms with E-state index < -0.39 is 0 Å². The lowest BCUT2D eigenvalue weighted by Crippen LogP contribution is -1.92. The van der Waals surface area contributed by atoms with Gasteiger partial charge in [-0.05, 0) is 13.8 Å². The predicted molar refractivity (Wildman–Crippen MR) is 38.8 cm³/mol. The summed E-state index contributed by atoms with van der Waals surface area (Å²) in [7, 11) is 0. The summed E-state index contributed by atoms with van der Waals surface area (Å²) < 4.78 is 0. The summed E-state index contributed by atoms with van der Waals surface area (Å²) in [5, 5.41) is 0. The van der Waals surface area contributed by atoms with Gasteiger partial charge in [0.25, 0.3) is 0 Å². The van der Waals surface area contributed by atoms with Crippen molar-refractivity contribution in [1.29, 1.82) is 0 Å². The van der Waals surface area contributed by atoms with Crippen LogP contribution >= 0.6 is 17.0 Å². The van der Waals surface area contributed by atoms with E-state index in [1.807, 2.05) is 19.9 Å². The van der Waals surface area contributed by atoms with Crippen LogP contribution in [0.2, 0.25) is 0 Å². The molecule has 0 aromatic carbocycles. The van der Waals surface area contributed by atoms with Gasteiger partial charge in [-0.3, -0.25) is 0 Å². The number of halogens is 1. The van der Waals surface area contributed by atoms with Crippen molar-refractivity contribution in [2.75, 3.05) is 6.54 Å². The maximum Gasteiger partial charge on any atom is 0.0109 e. The second kappa shape index (κ2) is 6.18. The second-order valence-corrected chi connectivity index (χ2v) is 1.52. The molecule has 0 bridgehead atoms. The first-order chi connectivity index (χ1) is 2.77. The molecule has 0 saturated carbocycles. The van der Waals surface area contributed by atoms with Crippen molar-refractivity contribution in [3.63, 3.8) is 0 Å². The van der Waals surface area contributed by atoms with Gasteiger partial charge in [-0.25, -0.2) is 0 Å². The van der Waals surface area contributed by atoms with Crippen LogP contribution in [0.15, 0.2) is 11.6 Å². The highest BCUT2D eigenvalue weighted by Gasteiger charge is 1.67. The molecule has 0 aliphatic heterocycles. The first-order valence-corrected chi connectivity index (χ1v) is 2.11. The average Bonchev–Trinajstić information content (AvgIpc) is 1.35. The Morgan fingerprint density at radius 1 is 1.57 bits per heavy atom. The number of hydrogen-bond donors (Lipinski definition) is 1. The Kier molecular flexibility index (Phi) is 9.02. The lowest BCUT2D eigenvalue weighted by atomic mass is 10.3. The average molecular weight is 166 g/mol. The molecular formula is C5H12BrN. The molecule has 44 valence electrons. The van der Waals surface area contributed by atoms with E-state index in [2.05, 4.69) is 0 Å². The minimum atomic E-state index is 0.